The van der Waals surface area contributed by atoms with Crippen molar-refractivity contribution in [2.75, 3.05) is 13.2 Å². The maximum atomic E-state index is 12.5. The number of esters is 2. The minimum absolute atomic E-state index is 0. The Labute approximate surface area is 246 Å². The fourth-order valence-corrected chi connectivity index (χ4v) is 4.30. The molecule has 0 saturated heterocycles. The number of hydrogen-bond donors (Lipinski definition) is 0. The van der Waals surface area contributed by atoms with Gasteiger partial charge >= 0.3 is 41.5 Å². The largest absolute Gasteiger partial charge is 1.00 e. The fourth-order valence-electron chi connectivity index (χ4n) is 3.92. The summed E-state index contributed by atoms with van der Waals surface area (Å²) in [6.45, 7) is 3.57. The standard InChI is InChI=1S/C28H46O7S.Na/c1-3-4-5-6-7-8-9-10-11-12-13-14-15-18-22-34-27(29)25-19-16-17-20-26(25)28(30)35-23-21-24(2)36(31,32)33;/h16-17,19-20,24H,3-15,18,21-23H2,1-2H3,(H,31,32,33);/q;+1/p-1. The number of benzene rings is 1. The van der Waals surface area contributed by atoms with Gasteiger partial charge in [-0.05, 0) is 31.9 Å². The van der Waals surface area contributed by atoms with Gasteiger partial charge in [-0.25, -0.2) is 18.0 Å². The third-order valence-corrected chi connectivity index (χ3v) is 7.57. The van der Waals surface area contributed by atoms with Gasteiger partial charge in [0, 0.05) is 5.25 Å². The van der Waals surface area contributed by atoms with Crippen molar-refractivity contribution < 1.29 is 61.6 Å². The second-order valence-corrected chi connectivity index (χ2v) is 11.3. The molecule has 0 N–H and O–H groups in total. The molecule has 1 aromatic rings. The van der Waals surface area contributed by atoms with Crippen LogP contribution in [0.2, 0.25) is 0 Å². The van der Waals surface area contributed by atoms with E-state index < -0.39 is 27.3 Å². The summed E-state index contributed by atoms with van der Waals surface area (Å²) in [7, 11) is -4.43. The van der Waals surface area contributed by atoms with E-state index in [9.17, 15) is 22.6 Å². The summed E-state index contributed by atoms with van der Waals surface area (Å²) in [5.74, 6) is -1.35. The Balaban J connectivity index is 0.0000130. The molecular formula is C28H45NaO7S. The van der Waals surface area contributed by atoms with Crippen LogP contribution in [0.1, 0.15) is 131 Å². The van der Waals surface area contributed by atoms with Crippen LogP contribution in [0.5, 0.6) is 0 Å². The molecule has 7 nitrogen and oxygen atoms in total. The van der Waals surface area contributed by atoms with E-state index in [2.05, 4.69) is 6.92 Å². The number of carbonyl (C=O) groups is 2. The molecule has 1 unspecified atom stereocenters. The Bertz CT molecular complexity index is 858. The molecule has 1 atom stereocenters. The van der Waals surface area contributed by atoms with Gasteiger partial charge < -0.3 is 14.0 Å². The Morgan fingerprint density at radius 2 is 1.11 bits per heavy atom. The van der Waals surface area contributed by atoms with Crippen molar-refractivity contribution in [3.8, 4) is 0 Å². The maximum Gasteiger partial charge on any atom is 1.00 e. The molecule has 0 aliphatic rings. The van der Waals surface area contributed by atoms with Crippen LogP contribution >= 0.6 is 0 Å². The first-order valence-electron chi connectivity index (χ1n) is 13.6. The molecule has 0 aliphatic carbocycles. The number of rotatable bonds is 21. The normalized spacial score (nSPS) is 12.0. The predicted molar refractivity (Wildman–Crippen MR) is 141 cm³/mol. The molecule has 0 aliphatic heterocycles. The van der Waals surface area contributed by atoms with E-state index in [1.807, 2.05) is 0 Å². The molecule has 0 spiro atoms. The molecule has 9 heteroatoms. The van der Waals surface area contributed by atoms with Gasteiger partial charge in [0.05, 0.1) is 34.5 Å². The summed E-state index contributed by atoms with van der Waals surface area (Å²) in [6.07, 6.45) is 17.4. The molecule has 206 valence electrons. The molecule has 0 heterocycles. The van der Waals surface area contributed by atoms with E-state index >= 15 is 0 Å². The predicted octanol–water partition coefficient (Wildman–Crippen LogP) is 3.81. The van der Waals surface area contributed by atoms with Crippen LogP contribution < -0.4 is 29.6 Å². The zero-order valence-corrected chi connectivity index (χ0v) is 26.0. The molecule has 0 amide bonds. The van der Waals surface area contributed by atoms with E-state index in [-0.39, 0.29) is 53.7 Å². The van der Waals surface area contributed by atoms with Crippen LogP contribution in [0, 0.1) is 0 Å². The Hall–Kier alpha value is -0.930. The average molecular weight is 549 g/mol. The van der Waals surface area contributed by atoms with E-state index in [0.29, 0.717) is 6.61 Å². The van der Waals surface area contributed by atoms with Crippen molar-refractivity contribution in [1.82, 2.24) is 0 Å². The monoisotopic (exact) mass is 548 g/mol. The summed E-state index contributed by atoms with van der Waals surface area (Å²) in [5, 5.41) is -1.16. The zero-order chi connectivity index (χ0) is 26.7. The molecular weight excluding hydrogens is 503 g/mol. The minimum atomic E-state index is -4.43. The summed E-state index contributed by atoms with van der Waals surface area (Å²) in [6, 6.07) is 6.19. The molecule has 1 aromatic carbocycles. The van der Waals surface area contributed by atoms with Crippen LogP contribution in [-0.4, -0.2) is 43.4 Å². The van der Waals surface area contributed by atoms with Crippen molar-refractivity contribution in [3.05, 3.63) is 35.4 Å². The first-order valence-corrected chi connectivity index (χ1v) is 15.1. The fraction of sp³-hybridized carbons (Fsp3) is 0.714. The quantitative estimate of drug-likeness (QED) is 0.0994. The molecule has 0 fully saturated rings. The topological polar surface area (TPSA) is 110 Å². The van der Waals surface area contributed by atoms with Gasteiger partial charge in [0.15, 0.2) is 0 Å². The van der Waals surface area contributed by atoms with Crippen LogP contribution in [0.4, 0.5) is 0 Å². The molecule has 0 aromatic heterocycles. The molecule has 0 radical (unpaired) electrons. The Morgan fingerprint density at radius 3 is 1.51 bits per heavy atom. The second kappa shape index (κ2) is 21.9. The van der Waals surface area contributed by atoms with Crippen molar-refractivity contribution >= 4 is 22.1 Å². The average Bonchev–Trinajstić information content (AvgIpc) is 2.85. The zero-order valence-electron chi connectivity index (χ0n) is 23.2. The van der Waals surface area contributed by atoms with Crippen molar-refractivity contribution in [3.63, 3.8) is 0 Å². The SMILES string of the molecule is CCCCCCCCCCCCCCCCOC(=O)c1ccccc1C(=O)OCCC(C)S(=O)(=O)[O-].[Na+]. The van der Waals surface area contributed by atoms with Crippen molar-refractivity contribution in [2.24, 2.45) is 0 Å². The smallest absolute Gasteiger partial charge is 0.748 e. The molecule has 0 saturated carbocycles. The first kappa shape index (κ1) is 36.1. The maximum absolute atomic E-state index is 12.5. The van der Waals surface area contributed by atoms with Gasteiger partial charge in [-0.3, -0.25) is 0 Å². The first-order chi connectivity index (χ1) is 17.3. The molecule has 1 rings (SSSR count). The van der Waals surface area contributed by atoms with E-state index in [4.69, 9.17) is 9.47 Å². The van der Waals surface area contributed by atoms with Gasteiger partial charge in [-0.2, -0.15) is 0 Å². The number of unbranched alkanes of at least 4 members (excludes halogenated alkanes) is 13. The van der Waals surface area contributed by atoms with Gasteiger partial charge in [0.25, 0.3) is 0 Å². The summed E-state index contributed by atoms with van der Waals surface area (Å²) in [4.78, 5) is 24.8. The molecule has 0 bridgehead atoms. The van der Waals surface area contributed by atoms with Gasteiger partial charge in [-0.15, -0.1) is 0 Å². The molecule has 37 heavy (non-hydrogen) atoms. The van der Waals surface area contributed by atoms with Crippen LogP contribution in [0.3, 0.4) is 0 Å². The summed E-state index contributed by atoms with van der Waals surface area (Å²) < 4.78 is 43.2. The third-order valence-electron chi connectivity index (χ3n) is 6.35. The Morgan fingerprint density at radius 1 is 0.730 bits per heavy atom. The summed E-state index contributed by atoms with van der Waals surface area (Å²) >= 11 is 0. The number of hydrogen-bond acceptors (Lipinski definition) is 7. The third kappa shape index (κ3) is 17.3. The van der Waals surface area contributed by atoms with Gasteiger partial charge in [0.1, 0.15) is 0 Å². The Kier molecular flexibility index (Phi) is 21.4. The van der Waals surface area contributed by atoms with Crippen LogP contribution in [0.25, 0.3) is 0 Å². The van der Waals surface area contributed by atoms with Crippen molar-refractivity contribution in [2.45, 2.75) is 115 Å². The van der Waals surface area contributed by atoms with E-state index in [1.165, 1.54) is 89.7 Å². The second-order valence-electron chi connectivity index (χ2n) is 9.51. The van der Waals surface area contributed by atoms with Gasteiger partial charge in [0.2, 0.25) is 0 Å². The van der Waals surface area contributed by atoms with Crippen LogP contribution in [0.15, 0.2) is 24.3 Å². The minimum Gasteiger partial charge on any atom is -0.748 e. The van der Waals surface area contributed by atoms with E-state index in [0.717, 1.165) is 19.3 Å². The summed E-state index contributed by atoms with van der Waals surface area (Å²) in [5.41, 5.74) is 0.165. The van der Waals surface area contributed by atoms with Gasteiger partial charge in [-0.1, -0.05) is 103 Å². The number of ether oxygens (including phenoxy) is 2. The number of carbonyl (C=O) groups excluding carboxylic acids is 2. The van der Waals surface area contributed by atoms with Crippen LogP contribution in [-0.2, 0) is 19.6 Å². The van der Waals surface area contributed by atoms with Crippen molar-refractivity contribution in [1.29, 1.82) is 0 Å². The van der Waals surface area contributed by atoms with E-state index in [1.54, 1.807) is 12.1 Å².